The van der Waals surface area contributed by atoms with Crippen LogP contribution in [0, 0.1) is 36.5 Å². The smallest absolute Gasteiger partial charge is 0.218 e. The van der Waals surface area contributed by atoms with Crippen LogP contribution in [-0.2, 0) is 6.42 Å². The lowest BCUT2D eigenvalue weighted by atomic mass is 9.89. The third-order valence-corrected chi connectivity index (χ3v) is 5.08. The molecule has 0 atom stereocenters. The number of aliphatic imine (C=N–C) groups is 1. The van der Waals surface area contributed by atoms with E-state index < -0.39 is 0 Å². The number of nitrogens with one attached hydrogen (secondary N) is 1. The Morgan fingerprint density at radius 1 is 1.29 bits per heavy atom. The minimum atomic E-state index is 0.0612. The number of nitriles is 1. The van der Waals surface area contributed by atoms with E-state index in [1.54, 1.807) is 7.05 Å². The van der Waals surface area contributed by atoms with E-state index in [2.05, 4.69) is 61.4 Å². The predicted octanol–water partition coefficient (Wildman–Crippen LogP) is 6.11. The SMILES string of the molecule is CN=C(Nc1cc(C)c(Oc2snc(CC(C)(C)C)c2C#N)cc1C)C(C)C. The third-order valence-electron chi connectivity index (χ3n) is 4.32. The second-order valence-electron chi connectivity index (χ2n) is 8.56. The van der Waals surface area contributed by atoms with Crippen molar-refractivity contribution in [1.82, 2.24) is 4.37 Å². The lowest BCUT2D eigenvalue weighted by molar-refractivity contribution is 0.406. The Morgan fingerprint density at radius 2 is 1.96 bits per heavy atom. The molecule has 0 spiro atoms. The third kappa shape index (κ3) is 5.32. The largest absolute Gasteiger partial charge is 0.443 e. The Morgan fingerprint density at radius 3 is 2.50 bits per heavy atom. The summed E-state index contributed by atoms with van der Waals surface area (Å²) in [5.41, 5.74) is 4.47. The zero-order valence-electron chi connectivity index (χ0n) is 18.1. The molecular formula is C22H30N4OS. The molecule has 0 saturated carbocycles. The van der Waals surface area contributed by atoms with Crippen LogP contribution in [0.4, 0.5) is 5.69 Å². The van der Waals surface area contributed by atoms with Crippen LogP contribution < -0.4 is 10.1 Å². The van der Waals surface area contributed by atoms with Gasteiger partial charge in [-0.1, -0.05) is 34.6 Å². The van der Waals surface area contributed by atoms with E-state index in [9.17, 15) is 5.26 Å². The van der Waals surface area contributed by atoms with Crippen LogP contribution in [0.1, 0.15) is 57.0 Å². The summed E-state index contributed by atoms with van der Waals surface area (Å²) >= 11 is 1.24. The highest BCUT2D eigenvalue weighted by Gasteiger charge is 2.22. The second kappa shape index (κ2) is 8.74. The first-order valence-electron chi connectivity index (χ1n) is 9.47. The van der Waals surface area contributed by atoms with Crippen LogP contribution in [0.25, 0.3) is 0 Å². The van der Waals surface area contributed by atoms with Crippen LogP contribution in [0.5, 0.6) is 10.8 Å². The molecule has 0 fully saturated rings. The number of rotatable bonds is 5. The van der Waals surface area contributed by atoms with E-state index in [4.69, 9.17) is 4.74 Å². The molecule has 0 aliphatic heterocycles. The number of ether oxygens (including phenoxy) is 1. The molecule has 1 heterocycles. The molecule has 0 bridgehead atoms. The summed E-state index contributed by atoms with van der Waals surface area (Å²) in [5.74, 6) is 2.00. The maximum atomic E-state index is 9.62. The molecule has 0 radical (unpaired) electrons. The summed E-state index contributed by atoms with van der Waals surface area (Å²) in [7, 11) is 1.80. The highest BCUT2D eigenvalue weighted by atomic mass is 32.1. The molecule has 28 heavy (non-hydrogen) atoms. The van der Waals surface area contributed by atoms with Gasteiger partial charge in [0.25, 0.3) is 0 Å². The summed E-state index contributed by atoms with van der Waals surface area (Å²) in [6.45, 7) is 14.7. The Balaban J connectivity index is 2.31. The van der Waals surface area contributed by atoms with Gasteiger partial charge < -0.3 is 10.1 Å². The van der Waals surface area contributed by atoms with Gasteiger partial charge >= 0.3 is 0 Å². The Bertz CT molecular complexity index is 914. The van der Waals surface area contributed by atoms with Crippen molar-refractivity contribution >= 4 is 23.1 Å². The van der Waals surface area contributed by atoms with Gasteiger partial charge in [-0.2, -0.15) is 9.64 Å². The monoisotopic (exact) mass is 398 g/mol. The number of hydrogen-bond acceptors (Lipinski definition) is 5. The van der Waals surface area contributed by atoms with Crippen molar-refractivity contribution in [2.24, 2.45) is 16.3 Å². The molecule has 2 rings (SSSR count). The van der Waals surface area contributed by atoms with Gasteiger partial charge in [-0.3, -0.25) is 4.99 Å². The Hall–Kier alpha value is -2.39. The topological polar surface area (TPSA) is 70.3 Å². The van der Waals surface area contributed by atoms with Gasteiger partial charge in [0.1, 0.15) is 23.2 Å². The number of hydrogen-bond donors (Lipinski definition) is 1. The second-order valence-corrected chi connectivity index (χ2v) is 9.30. The van der Waals surface area contributed by atoms with Crippen molar-refractivity contribution in [2.45, 2.75) is 54.9 Å². The fourth-order valence-electron chi connectivity index (χ4n) is 2.84. The summed E-state index contributed by atoms with van der Waals surface area (Å²) in [4.78, 5) is 4.33. The fourth-order valence-corrected chi connectivity index (χ4v) is 3.57. The van der Waals surface area contributed by atoms with E-state index in [-0.39, 0.29) is 5.41 Å². The van der Waals surface area contributed by atoms with Crippen LogP contribution in [0.15, 0.2) is 17.1 Å². The molecule has 1 aromatic heterocycles. The first-order valence-corrected chi connectivity index (χ1v) is 10.2. The molecule has 0 aliphatic rings. The van der Waals surface area contributed by atoms with Crippen molar-refractivity contribution in [3.05, 3.63) is 34.5 Å². The van der Waals surface area contributed by atoms with Gasteiger partial charge in [-0.15, -0.1) is 0 Å². The van der Waals surface area contributed by atoms with E-state index in [1.165, 1.54) is 11.5 Å². The molecule has 5 nitrogen and oxygen atoms in total. The van der Waals surface area contributed by atoms with Gasteiger partial charge in [0.15, 0.2) is 0 Å². The number of nitrogens with zero attached hydrogens (tertiary/aromatic N) is 3. The molecule has 6 heteroatoms. The fraction of sp³-hybridized carbons (Fsp3) is 0.500. The van der Waals surface area contributed by atoms with Crippen LogP contribution in [-0.4, -0.2) is 17.3 Å². The molecule has 1 aromatic carbocycles. The molecule has 1 N–H and O–H groups in total. The molecule has 0 saturated heterocycles. The quantitative estimate of drug-likeness (QED) is 0.487. The number of amidine groups is 1. The minimum absolute atomic E-state index is 0.0612. The van der Waals surface area contributed by atoms with Gasteiger partial charge in [0, 0.05) is 30.2 Å². The van der Waals surface area contributed by atoms with E-state index in [0.29, 0.717) is 16.5 Å². The maximum Gasteiger partial charge on any atom is 0.218 e. The molecular weight excluding hydrogens is 368 g/mol. The average molecular weight is 399 g/mol. The van der Waals surface area contributed by atoms with E-state index in [0.717, 1.165) is 40.5 Å². The lowest BCUT2D eigenvalue weighted by Crippen LogP contribution is -2.19. The highest BCUT2D eigenvalue weighted by Crippen LogP contribution is 2.37. The van der Waals surface area contributed by atoms with Gasteiger partial charge in [0.2, 0.25) is 5.06 Å². The van der Waals surface area contributed by atoms with Crippen LogP contribution in [0.2, 0.25) is 0 Å². The van der Waals surface area contributed by atoms with Crippen molar-refractivity contribution in [2.75, 3.05) is 12.4 Å². The van der Waals surface area contributed by atoms with Gasteiger partial charge in [0.05, 0.1) is 5.69 Å². The zero-order valence-corrected chi connectivity index (χ0v) is 18.9. The molecule has 0 amide bonds. The summed E-state index contributed by atoms with van der Waals surface area (Å²) < 4.78 is 10.6. The summed E-state index contributed by atoms with van der Waals surface area (Å²) in [6, 6.07) is 6.33. The maximum absolute atomic E-state index is 9.62. The van der Waals surface area contributed by atoms with Crippen LogP contribution in [0.3, 0.4) is 0 Å². The van der Waals surface area contributed by atoms with Crippen molar-refractivity contribution in [3.63, 3.8) is 0 Å². The minimum Gasteiger partial charge on any atom is -0.443 e. The predicted molar refractivity (Wildman–Crippen MR) is 118 cm³/mol. The number of anilines is 1. The Kier molecular flexibility index (Phi) is 6.84. The normalized spacial score (nSPS) is 12.2. The molecule has 0 aliphatic carbocycles. The number of aryl methyl sites for hydroxylation is 2. The number of aromatic nitrogens is 1. The number of benzene rings is 1. The zero-order chi connectivity index (χ0) is 21.1. The lowest BCUT2D eigenvalue weighted by Gasteiger charge is -2.17. The molecule has 0 unspecified atom stereocenters. The Labute approximate surface area is 172 Å². The van der Waals surface area contributed by atoms with Crippen molar-refractivity contribution in [3.8, 4) is 16.9 Å². The van der Waals surface area contributed by atoms with Crippen molar-refractivity contribution in [1.29, 1.82) is 5.26 Å². The summed E-state index contributed by atoms with van der Waals surface area (Å²) in [6.07, 6.45) is 0.741. The van der Waals surface area contributed by atoms with Crippen LogP contribution >= 0.6 is 11.5 Å². The summed E-state index contributed by atoms with van der Waals surface area (Å²) in [5, 5.41) is 13.6. The first kappa shape index (κ1) is 21.9. The van der Waals surface area contributed by atoms with Gasteiger partial charge in [-0.25, -0.2) is 0 Å². The van der Waals surface area contributed by atoms with E-state index >= 15 is 0 Å². The van der Waals surface area contributed by atoms with E-state index in [1.807, 2.05) is 19.9 Å². The average Bonchev–Trinajstić information content (AvgIpc) is 2.95. The van der Waals surface area contributed by atoms with Gasteiger partial charge in [-0.05, 0) is 48.9 Å². The molecule has 150 valence electrons. The molecule has 2 aromatic rings. The standard InChI is InChI=1S/C22H30N4OS/c1-13(2)20(24-8)25-17-9-15(4)19(10-14(17)3)27-21-16(12-23)18(26-28-21)11-22(5,6)7/h9-10,13H,11H2,1-8H3,(H,24,25). The highest BCUT2D eigenvalue weighted by molar-refractivity contribution is 7.08. The first-order chi connectivity index (χ1) is 13.1. The van der Waals surface area contributed by atoms with Crippen molar-refractivity contribution < 1.29 is 4.74 Å².